The number of rotatable bonds is 8. The molecule has 2 fully saturated rings. The minimum atomic E-state index is -1.91. The first kappa shape index (κ1) is 41.9. The van der Waals surface area contributed by atoms with Gasteiger partial charge in [0, 0.05) is 28.3 Å². The summed E-state index contributed by atoms with van der Waals surface area (Å²) in [6.07, 6.45) is -16.0. The van der Waals surface area contributed by atoms with Crippen molar-refractivity contribution in [3.8, 4) is 34.1 Å². The summed E-state index contributed by atoms with van der Waals surface area (Å²) >= 11 is 0. The number of methoxy groups -OCH3 is 1. The number of nitrogens with one attached hydrogen (secondary N) is 1. The summed E-state index contributed by atoms with van der Waals surface area (Å²) < 4.78 is 28.5. The monoisotopic (exact) mass is 826 g/mol. The lowest BCUT2D eigenvalue weighted by atomic mass is 9.74. The number of ketones is 2. The third-order valence-electron chi connectivity index (χ3n) is 11.1. The molecule has 12 N–H and O–H groups in total. The maximum Gasteiger partial charge on any atom is 0.325 e. The summed E-state index contributed by atoms with van der Waals surface area (Å²) in [6.45, 7) is 3.62. The summed E-state index contributed by atoms with van der Waals surface area (Å²) in [7, 11) is 1.26. The van der Waals surface area contributed by atoms with E-state index in [9.17, 15) is 65.1 Å². The topological polar surface area (TPSA) is 335 Å². The average molecular weight is 827 g/mol. The van der Waals surface area contributed by atoms with E-state index in [4.69, 9.17) is 29.4 Å². The molecule has 4 aliphatic rings. The molecule has 20 nitrogen and oxygen atoms in total. The second kappa shape index (κ2) is 15.4. The van der Waals surface area contributed by atoms with Crippen LogP contribution in [0.15, 0.2) is 24.3 Å². The zero-order valence-electron chi connectivity index (χ0n) is 31.7. The zero-order chi connectivity index (χ0) is 43.1. The van der Waals surface area contributed by atoms with E-state index in [1.807, 2.05) is 0 Å². The Morgan fingerprint density at radius 1 is 0.847 bits per heavy atom. The summed E-state index contributed by atoms with van der Waals surface area (Å²) in [5, 5.41) is 101. The van der Waals surface area contributed by atoms with Crippen molar-refractivity contribution in [3.63, 3.8) is 0 Å². The van der Waals surface area contributed by atoms with Gasteiger partial charge in [-0.3, -0.25) is 19.2 Å². The first-order valence-electron chi connectivity index (χ1n) is 18.3. The molecule has 0 spiro atoms. The van der Waals surface area contributed by atoms with Gasteiger partial charge in [-0.05, 0) is 49.6 Å². The SMILES string of the molecule is COc1cc(O)c2c(c1)C(=O)c1c(cc3c(c1O)-c1c(cc(C)c(C(=O)N[C@H](C)C(=O)O)c1O)[C@H](O[C@@H]1O[C@H](C)[C@H](N)[C@H](O[C@@H]4OC[C@@H](O)[C@H](O)[C@H]4O)[C@H]1O)[C@H]3O)C2=O. The van der Waals surface area contributed by atoms with Crippen molar-refractivity contribution in [1.82, 2.24) is 5.32 Å². The second-order valence-corrected chi connectivity index (χ2v) is 14.9. The predicted molar refractivity (Wildman–Crippen MR) is 196 cm³/mol. The fraction of sp³-hybridized carbons (Fsp3) is 0.436. The summed E-state index contributed by atoms with van der Waals surface area (Å²) in [5.41, 5.74) is 2.85. The van der Waals surface area contributed by atoms with Crippen molar-refractivity contribution in [3.05, 3.63) is 68.8 Å². The van der Waals surface area contributed by atoms with Crippen LogP contribution in [0.5, 0.6) is 23.0 Å². The molecule has 2 heterocycles. The number of phenolic OH excluding ortho intramolecular Hbond substituents is 3. The molecule has 12 atom stereocenters. The normalized spacial score (nSPS) is 30.4. The molecule has 59 heavy (non-hydrogen) atoms. The summed E-state index contributed by atoms with van der Waals surface area (Å²) in [4.78, 5) is 53.2. The van der Waals surface area contributed by atoms with E-state index in [-0.39, 0.29) is 33.6 Å². The van der Waals surface area contributed by atoms with Crippen LogP contribution >= 0.6 is 0 Å². The Morgan fingerprint density at radius 3 is 2.15 bits per heavy atom. The smallest absolute Gasteiger partial charge is 0.325 e. The highest BCUT2D eigenvalue weighted by atomic mass is 16.7. The van der Waals surface area contributed by atoms with Gasteiger partial charge < -0.3 is 80.7 Å². The van der Waals surface area contributed by atoms with E-state index < -0.39 is 149 Å². The summed E-state index contributed by atoms with van der Waals surface area (Å²) in [6, 6.07) is 2.09. The third-order valence-corrected chi connectivity index (χ3v) is 11.1. The number of hydrogen-bond donors (Lipinski definition) is 11. The standard InChI is InChI=1S/C39H42N2O18/c1-10-5-17-23(30(48)20(10)36(52)41-11(2)37(53)54)22-15(8-16-24(31(22)49)27(45)14-6-13(55-4)7-18(42)21(14)26(16)44)28(46)34(17)58-39-33(51)35(25(40)12(3)57-39)59-38-32(50)29(47)19(43)9-56-38/h5-8,11-12,19,25,28-29,32-35,38-39,42-43,46-51H,9,40H2,1-4H3,(H,41,52)(H,53,54)/t11-,12-,19-,25+,28+,29+,32-,33-,34+,35+,38+,39+/m1/s1. The molecule has 0 radical (unpaired) electrons. The van der Waals surface area contributed by atoms with E-state index >= 15 is 0 Å². The van der Waals surface area contributed by atoms with Crippen LogP contribution in [0.4, 0.5) is 0 Å². The maximum absolute atomic E-state index is 14.1. The number of carboxylic acids is 1. The molecule has 2 saturated heterocycles. The molecule has 0 bridgehead atoms. The van der Waals surface area contributed by atoms with Gasteiger partial charge in [0.25, 0.3) is 5.91 Å². The minimum absolute atomic E-state index is 0.0114. The van der Waals surface area contributed by atoms with E-state index in [0.717, 1.165) is 12.1 Å². The van der Waals surface area contributed by atoms with Crippen LogP contribution in [-0.4, -0.2) is 144 Å². The predicted octanol–water partition coefficient (Wildman–Crippen LogP) is -0.872. The Labute approximate surface area is 333 Å². The van der Waals surface area contributed by atoms with Crippen molar-refractivity contribution in [2.24, 2.45) is 5.73 Å². The van der Waals surface area contributed by atoms with E-state index in [0.29, 0.717) is 0 Å². The van der Waals surface area contributed by atoms with E-state index in [2.05, 4.69) is 5.32 Å². The number of nitrogens with two attached hydrogens (primary N) is 1. The van der Waals surface area contributed by atoms with Crippen LogP contribution in [0.2, 0.25) is 0 Å². The molecule has 2 aliphatic heterocycles. The number of ether oxygens (including phenoxy) is 5. The fourth-order valence-electron chi connectivity index (χ4n) is 7.93. The average Bonchev–Trinajstić information content (AvgIpc) is 3.18. The number of carboxylic acid groups (broad SMARTS) is 1. The fourth-order valence-corrected chi connectivity index (χ4v) is 7.93. The van der Waals surface area contributed by atoms with Crippen LogP contribution in [0.3, 0.4) is 0 Å². The molecule has 0 unspecified atom stereocenters. The summed E-state index contributed by atoms with van der Waals surface area (Å²) in [5.74, 6) is -6.69. The van der Waals surface area contributed by atoms with Crippen LogP contribution in [0.1, 0.15) is 84.9 Å². The molecule has 1 amide bonds. The Kier molecular flexibility index (Phi) is 10.9. The number of amides is 1. The van der Waals surface area contributed by atoms with Gasteiger partial charge >= 0.3 is 5.97 Å². The molecule has 3 aromatic carbocycles. The van der Waals surface area contributed by atoms with Gasteiger partial charge in [0.15, 0.2) is 24.1 Å². The van der Waals surface area contributed by atoms with Gasteiger partial charge in [0.2, 0.25) is 0 Å². The number of phenols is 3. The minimum Gasteiger partial charge on any atom is -0.507 e. The molecular weight excluding hydrogens is 784 g/mol. The van der Waals surface area contributed by atoms with Gasteiger partial charge in [0.1, 0.15) is 71.8 Å². The Balaban J connectivity index is 1.36. The molecule has 0 aromatic heterocycles. The lowest BCUT2D eigenvalue weighted by molar-refractivity contribution is -0.337. The molecule has 0 saturated carbocycles. The van der Waals surface area contributed by atoms with Crippen LogP contribution in [0, 0.1) is 6.92 Å². The van der Waals surface area contributed by atoms with Crippen LogP contribution in [-0.2, 0) is 23.7 Å². The van der Waals surface area contributed by atoms with E-state index in [1.165, 1.54) is 40.0 Å². The van der Waals surface area contributed by atoms with Crippen molar-refractivity contribution in [2.45, 2.75) is 94.3 Å². The van der Waals surface area contributed by atoms with Crippen LogP contribution in [0.25, 0.3) is 11.1 Å². The van der Waals surface area contributed by atoms with Crippen molar-refractivity contribution in [1.29, 1.82) is 0 Å². The largest absolute Gasteiger partial charge is 0.507 e. The lowest BCUT2D eigenvalue weighted by Gasteiger charge is -2.46. The van der Waals surface area contributed by atoms with Crippen LogP contribution < -0.4 is 15.8 Å². The van der Waals surface area contributed by atoms with Gasteiger partial charge in [0.05, 0.1) is 42.6 Å². The molecular formula is C39H42N2O18. The van der Waals surface area contributed by atoms with Gasteiger partial charge in [-0.2, -0.15) is 0 Å². The number of fused-ring (bicyclic) bond motifs is 5. The first-order valence-corrected chi connectivity index (χ1v) is 18.3. The first-order chi connectivity index (χ1) is 27.8. The molecule has 20 heteroatoms. The Hall–Kier alpha value is -5.26. The van der Waals surface area contributed by atoms with Gasteiger partial charge in [-0.15, -0.1) is 0 Å². The number of aromatic hydroxyl groups is 3. The Morgan fingerprint density at radius 2 is 1.49 bits per heavy atom. The number of aliphatic hydroxyl groups excluding tert-OH is 5. The van der Waals surface area contributed by atoms with Gasteiger partial charge in [-0.1, -0.05) is 6.07 Å². The highest BCUT2D eigenvalue weighted by molar-refractivity contribution is 6.31. The van der Waals surface area contributed by atoms with Crippen molar-refractivity contribution < 1.29 is 88.8 Å². The number of aliphatic carboxylic acids is 1. The maximum atomic E-state index is 14.1. The highest BCUT2D eigenvalue weighted by Gasteiger charge is 2.51. The van der Waals surface area contributed by atoms with Crippen molar-refractivity contribution in [2.75, 3.05) is 13.7 Å². The highest BCUT2D eigenvalue weighted by Crippen LogP contribution is 2.57. The quantitative estimate of drug-likeness (QED) is 0.103. The second-order valence-electron chi connectivity index (χ2n) is 14.9. The molecule has 7 rings (SSSR count). The molecule has 2 aliphatic carbocycles. The van der Waals surface area contributed by atoms with Gasteiger partial charge in [-0.25, -0.2) is 0 Å². The number of carbonyl (C=O) groups is 4. The number of benzene rings is 3. The number of aryl methyl sites for hydroxylation is 1. The molecule has 3 aromatic rings. The Bertz CT molecular complexity index is 2260. The number of carbonyl (C=O) groups excluding carboxylic acids is 3. The lowest BCUT2D eigenvalue weighted by Crippen LogP contribution is -2.64. The number of aliphatic hydroxyl groups is 5. The number of hydrogen-bond acceptors (Lipinski definition) is 18. The zero-order valence-corrected chi connectivity index (χ0v) is 31.7. The van der Waals surface area contributed by atoms with E-state index in [1.54, 1.807) is 0 Å². The third kappa shape index (κ3) is 6.76. The molecule has 316 valence electrons. The van der Waals surface area contributed by atoms with Crippen molar-refractivity contribution >= 4 is 23.4 Å².